The third-order valence-corrected chi connectivity index (χ3v) is 5.21. The van der Waals surface area contributed by atoms with Crippen molar-refractivity contribution in [3.8, 4) is 0 Å². The number of hydrogen-bond donors (Lipinski definition) is 1. The SMILES string of the molecule is O=C(c1cc(C2CC2)no1)N1CCCC1(Cc1ccccc1)C(=O)O. The van der Waals surface area contributed by atoms with Crippen LogP contribution < -0.4 is 0 Å². The molecule has 6 heteroatoms. The van der Waals surface area contributed by atoms with Crippen LogP contribution in [0.25, 0.3) is 0 Å². The minimum atomic E-state index is -1.23. The number of carbonyl (C=O) groups is 2. The van der Waals surface area contributed by atoms with Gasteiger partial charge in [0, 0.05) is 24.9 Å². The molecule has 2 fully saturated rings. The Morgan fingerprint density at radius 3 is 2.72 bits per heavy atom. The molecule has 1 saturated heterocycles. The number of carbonyl (C=O) groups excluding carboxylic acids is 1. The number of carboxylic acid groups (broad SMARTS) is 1. The minimum Gasteiger partial charge on any atom is -0.479 e. The molecule has 1 saturated carbocycles. The summed E-state index contributed by atoms with van der Waals surface area (Å²) in [5.41, 5.74) is 0.470. The van der Waals surface area contributed by atoms with Crippen molar-refractivity contribution < 1.29 is 19.2 Å². The lowest BCUT2D eigenvalue weighted by Gasteiger charge is -2.34. The highest BCUT2D eigenvalue weighted by molar-refractivity contribution is 5.96. The Kier molecular flexibility index (Phi) is 3.82. The van der Waals surface area contributed by atoms with Gasteiger partial charge in [0.2, 0.25) is 5.76 Å². The summed E-state index contributed by atoms with van der Waals surface area (Å²) >= 11 is 0. The molecule has 1 amide bonds. The summed E-state index contributed by atoms with van der Waals surface area (Å²) in [6.07, 6.45) is 3.52. The van der Waals surface area contributed by atoms with Crippen LogP contribution in [0.2, 0.25) is 0 Å². The third kappa shape index (κ3) is 2.81. The van der Waals surface area contributed by atoms with Crippen molar-refractivity contribution in [3.63, 3.8) is 0 Å². The number of carboxylic acids is 1. The molecule has 1 atom stereocenters. The number of hydrogen-bond acceptors (Lipinski definition) is 4. The van der Waals surface area contributed by atoms with Crippen LogP contribution in [0.3, 0.4) is 0 Å². The van der Waals surface area contributed by atoms with Gasteiger partial charge < -0.3 is 14.5 Å². The van der Waals surface area contributed by atoms with Gasteiger partial charge in [-0.25, -0.2) is 4.79 Å². The smallest absolute Gasteiger partial charge is 0.329 e. The molecule has 2 aromatic rings. The zero-order valence-electron chi connectivity index (χ0n) is 13.9. The number of rotatable bonds is 5. The number of aliphatic carboxylic acids is 1. The Bertz CT molecular complexity index is 797. The van der Waals surface area contributed by atoms with Gasteiger partial charge in [0.15, 0.2) is 0 Å². The van der Waals surface area contributed by atoms with Crippen molar-refractivity contribution >= 4 is 11.9 Å². The van der Waals surface area contributed by atoms with E-state index in [4.69, 9.17) is 4.52 Å². The summed E-state index contributed by atoms with van der Waals surface area (Å²) in [5.74, 6) is -0.820. The first kappa shape index (κ1) is 15.9. The molecular weight excluding hydrogens is 320 g/mol. The predicted octanol–water partition coefficient (Wildman–Crippen LogP) is 2.85. The highest BCUT2D eigenvalue weighted by Gasteiger charge is 2.50. The van der Waals surface area contributed by atoms with E-state index in [9.17, 15) is 14.7 Å². The van der Waals surface area contributed by atoms with Gasteiger partial charge >= 0.3 is 5.97 Å². The highest BCUT2D eigenvalue weighted by atomic mass is 16.5. The average molecular weight is 340 g/mol. The molecule has 6 nitrogen and oxygen atoms in total. The molecule has 0 radical (unpaired) electrons. The van der Waals surface area contributed by atoms with Crippen molar-refractivity contribution in [2.45, 2.75) is 43.6 Å². The van der Waals surface area contributed by atoms with Crippen LogP contribution in [-0.2, 0) is 11.2 Å². The molecule has 1 unspecified atom stereocenters. The first-order chi connectivity index (χ1) is 12.1. The van der Waals surface area contributed by atoms with E-state index in [2.05, 4.69) is 5.16 Å². The second kappa shape index (κ2) is 6.02. The number of aromatic nitrogens is 1. The van der Waals surface area contributed by atoms with Gasteiger partial charge in [-0.2, -0.15) is 0 Å². The highest BCUT2D eigenvalue weighted by Crippen LogP contribution is 2.40. The van der Waals surface area contributed by atoms with E-state index in [1.54, 1.807) is 6.07 Å². The largest absolute Gasteiger partial charge is 0.479 e. The molecule has 1 aromatic heterocycles. The third-order valence-electron chi connectivity index (χ3n) is 5.21. The number of amides is 1. The quantitative estimate of drug-likeness (QED) is 0.905. The predicted molar refractivity (Wildman–Crippen MR) is 89.3 cm³/mol. The number of likely N-dealkylation sites (tertiary alicyclic amines) is 1. The maximum absolute atomic E-state index is 12.9. The summed E-state index contributed by atoms with van der Waals surface area (Å²) in [6.45, 7) is 0.414. The van der Waals surface area contributed by atoms with E-state index in [1.807, 2.05) is 30.3 Å². The van der Waals surface area contributed by atoms with Crippen molar-refractivity contribution in [2.75, 3.05) is 6.54 Å². The van der Waals surface area contributed by atoms with Crippen LogP contribution in [0.5, 0.6) is 0 Å². The zero-order chi connectivity index (χ0) is 17.4. The van der Waals surface area contributed by atoms with E-state index in [0.29, 0.717) is 31.7 Å². The van der Waals surface area contributed by atoms with E-state index in [0.717, 1.165) is 24.1 Å². The Morgan fingerprint density at radius 2 is 2.04 bits per heavy atom. The van der Waals surface area contributed by atoms with Crippen LogP contribution >= 0.6 is 0 Å². The standard InChI is InChI=1S/C19H20N2O4/c22-17(16-11-15(20-25-16)14-7-8-14)21-10-4-9-19(21,18(23)24)12-13-5-2-1-3-6-13/h1-3,5-6,11,14H,4,7-10,12H2,(H,23,24). The van der Waals surface area contributed by atoms with Crippen molar-refractivity contribution in [1.82, 2.24) is 10.1 Å². The van der Waals surface area contributed by atoms with Crippen LogP contribution in [-0.4, -0.2) is 39.1 Å². The fourth-order valence-electron chi connectivity index (χ4n) is 3.68. The van der Waals surface area contributed by atoms with Crippen LogP contribution in [0.15, 0.2) is 40.9 Å². The van der Waals surface area contributed by atoms with Gasteiger partial charge in [-0.1, -0.05) is 35.5 Å². The summed E-state index contributed by atoms with van der Waals surface area (Å²) in [6, 6.07) is 11.1. The summed E-state index contributed by atoms with van der Waals surface area (Å²) < 4.78 is 5.23. The molecular formula is C19H20N2O4. The first-order valence-electron chi connectivity index (χ1n) is 8.66. The van der Waals surface area contributed by atoms with Crippen LogP contribution in [0.4, 0.5) is 0 Å². The Morgan fingerprint density at radius 1 is 1.28 bits per heavy atom. The van der Waals surface area contributed by atoms with Gasteiger partial charge in [-0.05, 0) is 31.2 Å². The van der Waals surface area contributed by atoms with Crippen molar-refractivity contribution in [1.29, 1.82) is 0 Å². The van der Waals surface area contributed by atoms with Crippen LogP contribution in [0, 0.1) is 0 Å². The molecule has 1 N–H and O–H groups in total. The molecule has 1 aromatic carbocycles. The van der Waals surface area contributed by atoms with Gasteiger partial charge in [-0.15, -0.1) is 0 Å². The molecule has 2 heterocycles. The lowest BCUT2D eigenvalue weighted by atomic mass is 9.88. The maximum Gasteiger partial charge on any atom is 0.329 e. The zero-order valence-corrected chi connectivity index (χ0v) is 13.9. The van der Waals surface area contributed by atoms with Crippen LogP contribution in [0.1, 0.15) is 53.4 Å². The normalized spacial score (nSPS) is 23.0. The van der Waals surface area contributed by atoms with Gasteiger partial charge in [-0.3, -0.25) is 4.79 Å². The van der Waals surface area contributed by atoms with E-state index < -0.39 is 11.5 Å². The fraction of sp³-hybridized carbons (Fsp3) is 0.421. The monoisotopic (exact) mass is 340 g/mol. The molecule has 4 rings (SSSR count). The lowest BCUT2D eigenvalue weighted by molar-refractivity contribution is -0.148. The molecule has 0 bridgehead atoms. The topological polar surface area (TPSA) is 83.6 Å². The van der Waals surface area contributed by atoms with Crippen molar-refractivity contribution in [2.24, 2.45) is 0 Å². The Balaban J connectivity index is 1.63. The number of benzene rings is 1. The molecule has 25 heavy (non-hydrogen) atoms. The summed E-state index contributed by atoms with van der Waals surface area (Å²) in [7, 11) is 0. The lowest BCUT2D eigenvalue weighted by Crippen LogP contribution is -2.54. The molecule has 2 aliphatic rings. The van der Waals surface area contributed by atoms with E-state index >= 15 is 0 Å². The van der Waals surface area contributed by atoms with Gasteiger partial charge in [0.05, 0.1) is 5.69 Å². The minimum absolute atomic E-state index is 0.141. The van der Waals surface area contributed by atoms with E-state index in [-0.39, 0.29) is 11.7 Å². The summed E-state index contributed by atoms with van der Waals surface area (Å²) in [5, 5.41) is 13.9. The Labute approximate surface area is 145 Å². The Hall–Kier alpha value is -2.63. The molecule has 0 spiro atoms. The molecule has 1 aliphatic carbocycles. The van der Waals surface area contributed by atoms with E-state index in [1.165, 1.54) is 4.90 Å². The fourth-order valence-corrected chi connectivity index (χ4v) is 3.68. The summed E-state index contributed by atoms with van der Waals surface area (Å²) in [4.78, 5) is 26.6. The van der Waals surface area contributed by atoms with Gasteiger partial charge in [0.1, 0.15) is 5.54 Å². The second-order valence-electron chi connectivity index (χ2n) is 6.95. The average Bonchev–Trinajstić information content (AvgIpc) is 3.19. The maximum atomic E-state index is 12.9. The molecule has 1 aliphatic heterocycles. The first-order valence-corrected chi connectivity index (χ1v) is 8.66. The molecule has 130 valence electrons. The van der Waals surface area contributed by atoms with Gasteiger partial charge in [0.25, 0.3) is 5.91 Å². The van der Waals surface area contributed by atoms with Crippen molar-refractivity contribution in [3.05, 3.63) is 53.4 Å². The second-order valence-corrected chi connectivity index (χ2v) is 6.95. The number of nitrogens with zero attached hydrogens (tertiary/aromatic N) is 2.